The van der Waals surface area contributed by atoms with E-state index in [2.05, 4.69) is 0 Å². The lowest BCUT2D eigenvalue weighted by molar-refractivity contribution is 0.100. The van der Waals surface area contributed by atoms with E-state index < -0.39 is 0 Å². The topological polar surface area (TPSA) is 20.3 Å². The summed E-state index contributed by atoms with van der Waals surface area (Å²) >= 11 is 11.9. The van der Waals surface area contributed by atoms with Gasteiger partial charge in [0, 0.05) is 23.3 Å². The molecule has 0 aromatic heterocycles. The molecule has 2 aromatic rings. The minimum atomic E-state index is -0.0318. The molecule has 0 fully saturated rings. The fourth-order valence-electron chi connectivity index (χ4n) is 1.97. The first-order valence-electron chi connectivity index (χ1n) is 6.23. The molecular formula is C16H15Cl2NO. The number of carbonyl (C=O) groups excluding carboxylic acids is 1. The summed E-state index contributed by atoms with van der Waals surface area (Å²) in [5.41, 5.74) is 2.66. The summed E-state index contributed by atoms with van der Waals surface area (Å²) in [5.74, 6) is -0.0318. The Hall–Kier alpha value is -1.51. The molecule has 104 valence electrons. The summed E-state index contributed by atoms with van der Waals surface area (Å²) in [6.45, 7) is 2.29. The molecule has 0 amide bonds. The number of benzene rings is 2. The average molecular weight is 308 g/mol. The summed E-state index contributed by atoms with van der Waals surface area (Å²) in [6, 6.07) is 12.9. The van der Waals surface area contributed by atoms with Crippen LogP contribution in [0.2, 0.25) is 10.0 Å². The average Bonchev–Trinajstić information content (AvgIpc) is 2.38. The van der Waals surface area contributed by atoms with Crippen molar-refractivity contribution in [3.63, 3.8) is 0 Å². The zero-order chi connectivity index (χ0) is 14.7. The van der Waals surface area contributed by atoms with Gasteiger partial charge >= 0.3 is 0 Å². The Morgan fingerprint density at radius 1 is 1.15 bits per heavy atom. The largest absolute Gasteiger partial charge is 0.367 e. The van der Waals surface area contributed by atoms with Gasteiger partial charge in [0.15, 0.2) is 5.78 Å². The molecule has 4 heteroatoms. The number of nitrogens with zero attached hydrogens (tertiary/aromatic N) is 1. The molecule has 0 saturated heterocycles. The molecule has 0 spiro atoms. The van der Waals surface area contributed by atoms with Gasteiger partial charge in [-0.15, -0.1) is 0 Å². The zero-order valence-electron chi connectivity index (χ0n) is 11.4. The normalized spacial score (nSPS) is 10.4. The maximum atomic E-state index is 12.3. The smallest absolute Gasteiger partial charge is 0.183 e. The zero-order valence-corrected chi connectivity index (χ0v) is 12.9. The van der Waals surface area contributed by atoms with Gasteiger partial charge in [-0.1, -0.05) is 35.3 Å². The van der Waals surface area contributed by atoms with Crippen LogP contribution in [-0.4, -0.2) is 19.4 Å². The highest BCUT2D eigenvalue weighted by molar-refractivity contribution is 6.36. The van der Waals surface area contributed by atoms with Crippen LogP contribution in [0.15, 0.2) is 42.5 Å². The van der Waals surface area contributed by atoms with Crippen molar-refractivity contribution in [2.45, 2.75) is 6.92 Å². The van der Waals surface area contributed by atoms with Crippen molar-refractivity contribution in [2.24, 2.45) is 0 Å². The highest BCUT2D eigenvalue weighted by Gasteiger charge is 2.13. The van der Waals surface area contributed by atoms with Crippen LogP contribution in [0, 0.1) is 6.92 Å². The molecule has 0 saturated carbocycles. The third kappa shape index (κ3) is 3.53. The number of ketones is 1. The molecule has 0 heterocycles. The maximum Gasteiger partial charge on any atom is 0.183 e. The van der Waals surface area contributed by atoms with Crippen LogP contribution < -0.4 is 4.90 Å². The lowest BCUT2D eigenvalue weighted by Crippen LogP contribution is -2.25. The molecule has 2 aromatic carbocycles. The van der Waals surface area contributed by atoms with Gasteiger partial charge in [-0.3, -0.25) is 4.79 Å². The maximum absolute atomic E-state index is 12.3. The van der Waals surface area contributed by atoms with Gasteiger partial charge in [-0.25, -0.2) is 0 Å². The Balaban J connectivity index is 2.15. The Kier molecular flexibility index (Phi) is 4.69. The molecule has 0 bridgehead atoms. The van der Waals surface area contributed by atoms with Crippen LogP contribution in [0.1, 0.15) is 15.9 Å². The molecule has 0 aliphatic heterocycles. The van der Waals surface area contributed by atoms with Gasteiger partial charge in [0.05, 0.1) is 11.6 Å². The number of likely N-dealkylation sites (N-methyl/N-ethyl adjacent to an activating group) is 1. The number of halogens is 2. The standard InChI is InChI=1S/C16H15Cl2NO/c1-11-4-3-5-13(8-11)19(2)10-16(20)14-7-6-12(17)9-15(14)18/h3-9H,10H2,1-2H3. The van der Waals surface area contributed by atoms with Crippen LogP contribution in [0.3, 0.4) is 0 Å². The van der Waals surface area contributed by atoms with E-state index in [-0.39, 0.29) is 12.3 Å². The van der Waals surface area contributed by atoms with E-state index in [9.17, 15) is 4.79 Å². The molecule has 0 unspecified atom stereocenters. The van der Waals surface area contributed by atoms with Crippen molar-refractivity contribution >= 4 is 34.7 Å². The summed E-state index contributed by atoms with van der Waals surface area (Å²) < 4.78 is 0. The van der Waals surface area contributed by atoms with E-state index >= 15 is 0 Å². The van der Waals surface area contributed by atoms with E-state index in [1.165, 1.54) is 0 Å². The van der Waals surface area contributed by atoms with Gasteiger partial charge in [0.1, 0.15) is 0 Å². The highest BCUT2D eigenvalue weighted by atomic mass is 35.5. The van der Waals surface area contributed by atoms with E-state index in [4.69, 9.17) is 23.2 Å². The van der Waals surface area contributed by atoms with E-state index in [0.29, 0.717) is 15.6 Å². The lowest BCUT2D eigenvalue weighted by Gasteiger charge is -2.19. The van der Waals surface area contributed by atoms with E-state index in [1.54, 1.807) is 18.2 Å². The number of anilines is 1. The van der Waals surface area contributed by atoms with Crippen molar-refractivity contribution < 1.29 is 4.79 Å². The lowest BCUT2D eigenvalue weighted by atomic mass is 10.1. The predicted octanol–water partition coefficient (Wildman–Crippen LogP) is 4.62. The first kappa shape index (κ1) is 14.9. The van der Waals surface area contributed by atoms with Crippen molar-refractivity contribution in [2.75, 3.05) is 18.5 Å². The third-order valence-corrected chi connectivity index (χ3v) is 3.60. The van der Waals surface area contributed by atoms with E-state index in [1.807, 2.05) is 43.1 Å². The third-order valence-electron chi connectivity index (χ3n) is 3.05. The molecule has 0 aliphatic rings. The summed E-state index contributed by atoms with van der Waals surface area (Å²) in [4.78, 5) is 14.2. The second-order valence-corrected chi connectivity index (χ2v) is 5.59. The second-order valence-electron chi connectivity index (χ2n) is 4.74. The summed E-state index contributed by atoms with van der Waals surface area (Å²) in [7, 11) is 1.89. The number of rotatable bonds is 4. The first-order chi connectivity index (χ1) is 9.47. The van der Waals surface area contributed by atoms with Crippen molar-refractivity contribution in [3.8, 4) is 0 Å². The number of hydrogen-bond donors (Lipinski definition) is 0. The Morgan fingerprint density at radius 2 is 1.90 bits per heavy atom. The van der Waals surface area contributed by atoms with Gasteiger partial charge in [-0.2, -0.15) is 0 Å². The Morgan fingerprint density at radius 3 is 2.55 bits per heavy atom. The van der Waals surface area contributed by atoms with Gasteiger partial charge in [-0.05, 0) is 42.8 Å². The highest BCUT2D eigenvalue weighted by Crippen LogP contribution is 2.22. The fourth-order valence-corrected chi connectivity index (χ4v) is 2.49. The molecule has 2 rings (SSSR count). The van der Waals surface area contributed by atoms with E-state index in [0.717, 1.165) is 11.3 Å². The van der Waals surface area contributed by atoms with Gasteiger partial charge in [0.2, 0.25) is 0 Å². The molecular weight excluding hydrogens is 293 g/mol. The van der Waals surface area contributed by atoms with Gasteiger partial charge < -0.3 is 4.90 Å². The summed E-state index contributed by atoms with van der Waals surface area (Å²) in [5, 5.41) is 0.915. The number of hydrogen-bond acceptors (Lipinski definition) is 2. The van der Waals surface area contributed by atoms with Crippen LogP contribution in [-0.2, 0) is 0 Å². The molecule has 2 nitrogen and oxygen atoms in total. The Bertz CT molecular complexity index is 640. The molecule has 0 N–H and O–H groups in total. The number of Topliss-reactive ketones (excluding diaryl/α,β-unsaturated/α-hetero) is 1. The molecule has 0 radical (unpaired) electrons. The van der Waals surface area contributed by atoms with Crippen molar-refractivity contribution in [1.82, 2.24) is 0 Å². The second kappa shape index (κ2) is 6.29. The minimum absolute atomic E-state index is 0.0318. The Labute approximate surface area is 128 Å². The fraction of sp³-hybridized carbons (Fsp3) is 0.188. The predicted molar refractivity (Wildman–Crippen MR) is 85.2 cm³/mol. The summed E-state index contributed by atoms with van der Waals surface area (Å²) in [6.07, 6.45) is 0. The number of carbonyl (C=O) groups is 1. The van der Waals surface area contributed by atoms with Crippen LogP contribution in [0.5, 0.6) is 0 Å². The monoisotopic (exact) mass is 307 g/mol. The van der Waals surface area contributed by atoms with Crippen LogP contribution in [0.4, 0.5) is 5.69 Å². The molecule has 0 atom stereocenters. The SMILES string of the molecule is Cc1cccc(N(C)CC(=O)c2ccc(Cl)cc2Cl)c1. The van der Waals surface area contributed by atoms with Crippen LogP contribution >= 0.6 is 23.2 Å². The molecule has 20 heavy (non-hydrogen) atoms. The number of aryl methyl sites for hydroxylation is 1. The quantitative estimate of drug-likeness (QED) is 0.768. The molecule has 0 aliphatic carbocycles. The van der Waals surface area contributed by atoms with Crippen LogP contribution in [0.25, 0.3) is 0 Å². The minimum Gasteiger partial charge on any atom is -0.367 e. The van der Waals surface area contributed by atoms with Gasteiger partial charge in [0.25, 0.3) is 0 Å². The first-order valence-corrected chi connectivity index (χ1v) is 6.99. The van der Waals surface area contributed by atoms with Crippen molar-refractivity contribution in [1.29, 1.82) is 0 Å². The van der Waals surface area contributed by atoms with Crippen molar-refractivity contribution in [3.05, 3.63) is 63.6 Å².